The van der Waals surface area contributed by atoms with Gasteiger partial charge in [-0.3, -0.25) is 9.36 Å². The summed E-state index contributed by atoms with van der Waals surface area (Å²) in [5.74, 6) is -0.285. The van der Waals surface area contributed by atoms with Crippen LogP contribution < -0.4 is 5.56 Å². The Hall–Kier alpha value is -2.54. The Labute approximate surface area is 166 Å². The number of hydrogen-bond donors (Lipinski definition) is 0. The van der Waals surface area contributed by atoms with Gasteiger partial charge in [0.2, 0.25) is 0 Å². The fourth-order valence-electron chi connectivity index (χ4n) is 3.36. The van der Waals surface area contributed by atoms with Gasteiger partial charge in [-0.05, 0) is 44.4 Å². The van der Waals surface area contributed by atoms with Crippen molar-refractivity contribution in [3.8, 4) is 11.1 Å². The van der Waals surface area contributed by atoms with E-state index in [0.717, 1.165) is 16.0 Å². The third kappa shape index (κ3) is 3.58. The summed E-state index contributed by atoms with van der Waals surface area (Å²) in [7, 11) is 0. The molecule has 2 aromatic heterocycles. The van der Waals surface area contributed by atoms with Gasteiger partial charge in [-0.25, -0.2) is 14.2 Å². The van der Waals surface area contributed by atoms with Gasteiger partial charge in [-0.15, -0.1) is 11.3 Å². The molecule has 28 heavy (non-hydrogen) atoms. The fourth-order valence-corrected chi connectivity index (χ4v) is 4.44. The van der Waals surface area contributed by atoms with E-state index >= 15 is 0 Å². The highest BCUT2D eigenvalue weighted by atomic mass is 32.1. The molecule has 0 N–H and O–H groups in total. The fraction of sp³-hybridized carbons (Fsp3) is 0.381. The monoisotopic (exact) mass is 402 g/mol. The zero-order valence-corrected chi connectivity index (χ0v) is 17.2. The molecular formula is C21H23FN2O3S. The molecule has 1 aromatic carbocycles. The van der Waals surface area contributed by atoms with E-state index < -0.39 is 12.0 Å². The van der Waals surface area contributed by atoms with E-state index in [4.69, 9.17) is 4.74 Å². The minimum atomic E-state index is -0.725. The zero-order chi connectivity index (χ0) is 20.4. The minimum Gasteiger partial charge on any atom is -0.464 e. The van der Waals surface area contributed by atoms with Gasteiger partial charge in [0, 0.05) is 10.4 Å². The van der Waals surface area contributed by atoms with Crippen LogP contribution in [0.5, 0.6) is 0 Å². The molecule has 0 radical (unpaired) electrons. The smallest absolute Gasteiger partial charge is 0.329 e. The van der Waals surface area contributed by atoms with Crippen molar-refractivity contribution in [2.45, 2.75) is 46.6 Å². The number of rotatable bonds is 6. The molecule has 5 nitrogen and oxygen atoms in total. The lowest BCUT2D eigenvalue weighted by atomic mass is 10.0. The lowest BCUT2D eigenvalue weighted by Crippen LogP contribution is -2.33. The Bertz CT molecular complexity index is 1070. The standard InChI is InChI=1S/C21H23FN2O3S/c1-5-11-27-21(26)16(6-2)24-13(4)23-19-18(20(24)25)17(12(3)28-19)14-7-9-15(22)10-8-14/h7-10,16H,5-6,11H2,1-4H3. The van der Waals surface area contributed by atoms with Crippen molar-refractivity contribution in [1.82, 2.24) is 9.55 Å². The number of carbonyl (C=O) groups excluding carboxylic acids is 1. The van der Waals surface area contributed by atoms with Crippen LogP contribution in [0.3, 0.4) is 0 Å². The van der Waals surface area contributed by atoms with E-state index in [1.165, 1.54) is 28.0 Å². The van der Waals surface area contributed by atoms with E-state index in [2.05, 4.69) is 4.98 Å². The molecule has 0 spiro atoms. The van der Waals surface area contributed by atoms with Crippen molar-refractivity contribution in [2.24, 2.45) is 0 Å². The number of ether oxygens (including phenoxy) is 1. The van der Waals surface area contributed by atoms with E-state index in [0.29, 0.717) is 35.5 Å². The van der Waals surface area contributed by atoms with Crippen LogP contribution in [0.2, 0.25) is 0 Å². The third-order valence-electron chi connectivity index (χ3n) is 4.66. The summed E-state index contributed by atoms with van der Waals surface area (Å²) in [4.78, 5) is 32.1. The molecule has 1 atom stereocenters. The maximum Gasteiger partial charge on any atom is 0.329 e. The average molecular weight is 402 g/mol. The number of carbonyl (C=O) groups is 1. The molecule has 0 aliphatic heterocycles. The number of aromatic nitrogens is 2. The second-order valence-corrected chi connectivity index (χ2v) is 7.85. The molecule has 1 unspecified atom stereocenters. The average Bonchev–Trinajstić information content (AvgIpc) is 2.99. The number of halogens is 1. The van der Waals surface area contributed by atoms with E-state index in [9.17, 15) is 14.0 Å². The minimum absolute atomic E-state index is 0.272. The maximum atomic E-state index is 13.5. The van der Waals surface area contributed by atoms with Gasteiger partial charge in [0.25, 0.3) is 5.56 Å². The van der Waals surface area contributed by atoms with Crippen LogP contribution >= 0.6 is 11.3 Å². The van der Waals surface area contributed by atoms with Gasteiger partial charge < -0.3 is 4.74 Å². The summed E-state index contributed by atoms with van der Waals surface area (Å²) in [6.07, 6.45) is 1.14. The van der Waals surface area contributed by atoms with Gasteiger partial charge in [0.05, 0.1) is 12.0 Å². The number of nitrogens with zero attached hydrogens (tertiary/aromatic N) is 2. The topological polar surface area (TPSA) is 61.2 Å². The van der Waals surface area contributed by atoms with Gasteiger partial charge in [0.1, 0.15) is 22.5 Å². The second-order valence-electron chi connectivity index (χ2n) is 6.65. The number of benzene rings is 1. The predicted octanol–water partition coefficient (Wildman–Crippen LogP) is 4.79. The first-order valence-corrected chi connectivity index (χ1v) is 10.1. The SMILES string of the molecule is CCCOC(=O)C(CC)n1c(C)nc2sc(C)c(-c3ccc(F)cc3)c2c1=O. The molecule has 0 aliphatic carbocycles. The lowest BCUT2D eigenvalue weighted by Gasteiger charge is -2.19. The molecular weight excluding hydrogens is 379 g/mol. The summed E-state index contributed by atoms with van der Waals surface area (Å²) in [6, 6.07) is 5.32. The lowest BCUT2D eigenvalue weighted by molar-refractivity contribution is -0.148. The Morgan fingerprint density at radius 2 is 1.93 bits per heavy atom. The molecule has 0 bridgehead atoms. The number of aryl methyl sites for hydroxylation is 2. The largest absolute Gasteiger partial charge is 0.464 e. The summed E-state index contributed by atoms with van der Waals surface area (Å²) in [5.41, 5.74) is 1.22. The van der Waals surface area contributed by atoms with Crippen molar-refractivity contribution in [1.29, 1.82) is 0 Å². The summed E-state index contributed by atoms with van der Waals surface area (Å²) in [5, 5.41) is 0.460. The molecule has 7 heteroatoms. The zero-order valence-electron chi connectivity index (χ0n) is 16.4. The van der Waals surface area contributed by atoms with E-state index in [-0.39, 0.29) is 11.4 Å². The summed E-state index contributed by atoms with van der Waals surface area (Å²) in [6.45, 7) is 7.72. The first-order valence-electron chi connectivity index (χ1n) is 9.33. The van der Waals surface area contributed by atoms with Gasteiger partial charge in [-0.2, -0.15) is 0 Å². The van der Waals surface area contributed by atoms with Crippen LogP contribution in [0.4, 0.5) is 4.39 Å². The first-order chi connectivity index (χ1) is 13.4. The Kier molecular flexibility index (Phi) is 5.93. The van der Waals surface area contributed by atoms with Crippen molar-refractivity contribution < 1.29 is 13.9 Å². The first kappa shape index (κ1) is 20.2. The predicted molar refractivity (Wildman–Crippen MR) is 109 cm³/mol. The van der Waals surface area contributed by atoms with Gasteiger partial charge in [0.15, 0.2) is 0 Å². The van der Waals surface area contributed by atoms with Crippen molar-refractivity contribution in [3.63, 3.8) is 0 Å². The van der Waals surface area contributed by atoms with Gasteiger partial charge >= 0.3 is 5.97 Å². The number of fused-ring (bicyclic) bond motifs is 1. The molecule has 0 amide bonds. The normalized spacial score (nSPS) is 12.3. The Morgan fingerprint density at radius 3 is 2.54 bits per heavy atom. The highest BCUT2D eigenvalue weighted by Gasteiger charge is 2.26. The van der Waals surface area contributed by atoms with Crippen LogP contribution in [0.1, 0.15) is 43.4 Å². The summed E-state index contributed by atoms with van der Waals surface area (Å²) < 4.78 is 20.1. The molecule has 3 aromatic rings. The van der Waals surface area contributed by atoms with Gasteiger partial charge in [-0.1, -0.05) is 26.0 Å². The second kappa shape index (κ2) is 8.22. The number of thiophene rings is 1. The highest BCUT2D eigenvalue weighted by Crippen LogP contribution is 2.36. The maximum absolute atomic E-state index is 13.5. The van der Waals surface area contributed by atoms with Crippen LogP contribution in [0, 0.1) is 19.7 Å². The third-order valence-corrected chi connectivity index (χ3v) is 5.66. The van der Waals surface area contributed by atoms with Crippen LogP contribution in [-0.4, -0.2) is 22.1 Å². The summed E-state index contributed by atoms with van der Waals surface area (Å²) >= 11 is 1.42. The van der Waals surface area contributed by atoms with E-state index in [1.807, 2.05) is 20.8 Å². The Morgan fingerprint density at radius 1 is 1.25 bits per heavy atom. The molecule has 0 saturated heterocycles. The molecule has 0 aliphatic rings. The van der Waals surface area contributed by atoms with Crippen molar-refractivity contribution in [2.75, 3.05) is 6.61 Å². The van der Waals surface area contributed by atoms with Crippen molar-refractivity contribution in [3.05, 3.63) is 51.1 Å². The van der Waals surface area contributed by atoms with Crippen LogP contribution in [0.25, 0.3) is 21.3 Å². The Balaban J connectivity index is 2.23. The molecule has 2 heterocycles. The molecule has 3 rings (SSSR count). The molecule has 148 valence electrons. The highest BCUT2D eigenvalue weighted by molar-refractivity contribution is 7.19. The van der Waals surface area contributed by atoms with Crippen molar-refractivity contribution >= 4 is 27.5 Å². The number of esters is 1. The quantitative estimate of drug-likeness (QED) is 0.557. The number of hydrogen-bond acceptors (Lipinski definition) is 5. The molecule has 0 fully saturated rings. The molecule has 0 saturated carbocycles. The van der Waals surface area contributed by atoms with Crippen LogP contribution in [0.15, 0.2) is 29.1 Å². The van der Waals surface area contributed by atoms with E-state index in [1.54, 1.807) is 19.1 Å². The van der Waals surface area contributed by atoms with Crippen LogP contribution in [-0.2, 0) is 9.53 Å².